The number of rotatable bonds is 6. The van der Waals surface area contributed by atoms with E-state index in [1.807, 2.05) is 35.2 Å². The van der Waals surface area contributed by atoms with E-state index in [9.17, 15) is 4.79 Å². The molecule has 0 radical (unpaired) electrons. The summed E-state index contributed by atoms with van der Waals surface area (Å²) in [7, 11) is 0. The Morgan fingerprint density at radius 1 is 0.971 bits per heavy atom. The van der Waals surface area contributed by atoms with Gasteiger partial charge in [-0.25, -0.2) is 4.79 Å². The summed E-state index contributed by atoms with van der Waals surface area (Å²) in [6.45, 7) is 4.55. The van der Waals surface area contributed by atoms with E-state index in [1.54, 1.807) is 0 Å². The molecule has 0 bridgehead atoms. The quantitative estimate of drug-likeness (QED) is 0.300. The Hall–Kier alpha value is -3.24. The normalized spacial score (nSPS) is 15.3. The van der Waals surface area contributed by atoms with Crippen molar-refractivity contribution < 1.29 is 4.79 Å². The highest BCUT2D eigenvalue weighted by Gasteiger charge is 2.34. The molecule has 0 unspecified atom stereocenters. The van der Waals surface area contributed by atoms with Crippen molar-refractivity contribution in [1.29, 1.82) is 0 Å². The van der Waals surface area contributed by atoms with E-state index in [0.29, 0.717) is 6.54 Å². The predicted octanol–water partition coefficient (Wildman–Crippen LogP) is 7.61. The molecule has 3 aromatic carbocycles. The molecule has 5 heteroatoms. The minimum Gasteiger partial charge on any atom is -0.343 e. The van der Waals surface area contributed by atoms with Crippen LogP contribution in [0.1, 0.15) is 37.3 Å². The third kappa shape index (κ3) is 5.23. The first-order chi connectivity index (χ1) is 17.0. The van der Waals surface area contributed by atoms with Gasteiger partial charge in [-0.3, -0.25) is 0 Å². The molecule has 180 valence electrons. The molecule has 1 aliphatic rings. The second-order valence-corrected chi connectivity index (χ2v) is 10.1. The molecule has 5 rings (SSSR count). The topological polar surface area (TPSA) is 37.3 Å². The van der Waals surface area contributed by atoms with Crippen LogP contribution in [-0.4, -0.2) is 28.6 Å². The maximum atomic E-state index is 13.1. The van der Waals surface area contributed by atoms with Gasteiger partial charge in [-0.15, -0.1) is 0 Å². The zero-order valence-corrected chi connectivity index (χ0v) is 21.0. The van der Waals surface area contributed by atoms with Gasteiger partial charge in [0.25, 0.3) is 0 Å². The monoisotopic (exact) mass is 485 g/mol. The number of benzene rings is 3. The fourth-order valence-corrected chi connectivity index (χ4v) is 5.48. The molecule has 1 fully saturated rings. The van der Waals surface area contributed by atoms with Crippen molar-refractivity contribution in [2.45, 2.75) is 39.2 Å². The van der Waals surface area contributed by atoms with E-state index in [2.05, 4.69) is 71.5 Å². The van der Waals surface area contributed by atoms with E-state index < -0.39 is 0 Å². The van der Waals surface area contributed by atoms with Crippen LogP contribution in [0.3, 0.4) is 0 Å². The van der Waals surface area contributed by atoms with E-state index in [-0.39, 0.29) is 11.4 Å². The van der Waals surface area contributed by atoms with Crippen LogP contribution in [0.4, 0.5) is 10.5 Å². The molecule has 0 aliphatic carbocycles. The Morgan fingerprint density at radius 2 is 1.71 bits per heavy atom. The standard InChI is InChI=1S/C30H32ClN3O/c1-2-30(21-23-8-4-3-5-9-23)15-18-33(19-16-30)29(35)32-26-13-12-24-14-17-34(28(24)20-26)22-25-10-6-7-11-27(25)31/h3-14,17,20H,2,15-16,18-19,21-22H2,1H3,(H,32,35). The van der Waals surface area contributed by atoms with Crippen molar-refractivity contribution in [2.24, 2.45) is 5.41 Å². The van der Waals surface area contributed by atoms with Gasteiger partial charge in [0.15, 0.2) is 0 Å². The Bertz CT molecular complexity index is 1310. The minimum absolute atomic E-state index is 0.0158. The number of likely N-dealkylation sites (tertiary alicyclic amines) is 1. The third-order valence-electron chi connectivity index (χ3n) is 7.61. The number of aromatic nitrogens is 1. The summed E-state index contributed by atoms with van der Waals surface area (Å²) >= 11 is 6.38. The number of piperidine rings is 1. The second kappa shape index (κ2) is 10.2. The molecule has 35 heavy (non-hydrogen) atoms. The molecule has 1 N–H and O–H groups in total. The van der Waals surface area contributed by atoms with Crippen LogP contribution in [0.25, 0.3) is 10.9 Å². The first kappa shape index (κ1) is 23.5. The largest absolute Gasteiger partial charge is 0.343 e. The van der Waals surface area contributed by atoms with Crippen molar-refractivity contribution >= 4 is 34.2 Å². The zero-order valence-electron chi connectivity index (χ0n) is 20.2. The van der Waals surface area contributed by atoms with Gasteiger partial charge in [0, 0.05) is 36.5 Å². The summed E-state index contributed by atoms with van der Waals surface area (Å²) in [5.74, 6) is 0. The maximum Gasteiger partial charge on any atom is 0.321 e. The molecule has 1 aromatic heterocycles. The van der Waals surface area contributed by atoms with Gasteiger partial charge in [-0.1, -0.05) is 79.5 Å². The number of carbonyl (C=O) groups excluding carboxylic acids is 1. The molecule has 4 aromatic rings. The molecule has 1 saturated heterocycles. The van der Waals surface area contributed by atoms with Gasteiger partial charge < -0.3 is 14.8 Å². The lowest BCUT2D eigenvalue weighted by Crippen LogP contribution is -2.45. The number of carbonyl (C=O) groups is 1. The average Bonchev–Trinajstić information content (AvgIpc) is 3.28. The fourth-order valence-electron chi connectivity index (χ4n) is 5.28. The molecule has 2 amide bonds. The zero-order chi connectivity index (χ0) is 24.3. The van der Waals surface area contributed by atoms with Crippen LogP contribution in [-0.2, 0) is 13.0 Å². The van der Waals surface area contributed by atoms with Crippen molar-refractivity contribution in [3.05, 3.63) is 101 Å². The number of nitrogens with zero attached hydrogens (tertiary/aromatic N) is 2. The van der Waals surface area contributed by atoms with Gasteiger partial charge >= 0.3 is 6.03 Å². The van der Waals surface area contributed by atoms with E-state index in [4.69, 9.17) is 11.6 Å². The number of halogens is 1. The van der Waals surface area contributed by atoms with Gasteiger partial charge in [-0.05, 0) is 65.5 Å². The van der Waals surface area contributed by atoms with Crippen molar-refractivity contribution in [3.63, 3.8) is 0 Å². The smallest absolute Gasteiger partial charge is 0.321 e. The van der Waals surface area contributed by atoms with Crippen molar-refractivity contribution in [1.82, 2.24) is 9.47 Å². The fraction of sp³-hybridized carbons (Fsp3) is 0.300. The molecule has 0 saturated carbocycles. The van der Waals surface area contributed by atoms with Crippen LogP contribution >= 0.6 is 11.6 Å². The molecular formula is C30H32ClN3O. The third-order valence-corrected chi connectivity index (χ3v) is 7.98. The maximum absolute atomic E-state index is 13.1. The van der Waals surface area contributed by atoms with Crippen LogP contribution < -0.4 is 5.32 Å². The SMILES string of the molecule is CCC1(Cc2ccccc2)CCN(C(=O)Nc2ccc3ccn(Cc4ccccc4Cl)c3c2)CC1. The van der Waals surface area contributed by atoms with Crippen LogP contribution in [0.5, 0.6) is 0 Å². The summed E-state index contributed by atoms with van der Waals surface area (Å²) < 4.78 is 2.17. The Morgan fingerprint density at radius 3 is 2.46 bits per heavy atom. The van der Waals surface area contributed by atoms with Gasteiger partial charge in [0.1, 0.15) is 0 Å². The van der Waals surface area contributed by atoms with E-state index in [1.165, 1.54) is 5.56 Å². The lowest BCUT2D eigenvalue weighted by atomic mass is 9.72. The number of nitrogens with one attached hydrogen (secondary N) is 1. The van der Waals surface area contributed by atoms with E-state index >= 15 is 0 Å². The lowest BCUT2D eigenvalue weighted by Gasteiger charge is -2.41. The number of fused-ring (bicyclic) bond motifs is 1. The second-order valence-electron chi connectivity index (χ2n) is 9.74. The Balaban J connectivity index is 1.25. The molecule has 1 aliphatic heterocycles. The first-order valence-corrected chi connectivity index (χ1v) is 12.9. The number of anilines is 1. The van der Waals surface area contributed by atoms with Gasteiger partial charge in [0.05, 0.1) is 5.52 Å². The number of hydrogen-bond donors (Lipinski definition) is 1. The Kier molecular flexibility index (Phi) is 6.83. The van der Waals surface area contributed by atoms with Gasteiger partial charge in [-0.2, -0.15) is 0 Å². The molecule has 0 spiro atoms. The van der Waals surface area contributed by atoms with Crippen molar-refractivity contribution in [2.75, 3.05) is 18.4 Å². The lowest BCUT2D eigenvalue weighted by molar-refractivity contribution is 0.118. The Labute approximate surface area is 212 Å². The summed E-state index contributed by atoms with van der Waals surface area (Å²) in [6.07, 6.45) is 6.35. The average molecular weight is 486 g/mol. The summed E-state index contributed by atoms with van der Waals surface area (Å²) in [4.78, 5) is 15.1. The highest BCUT2D eigenvalue weighted by molar-refractivity contribution is 6.31. The highest BCUT2D eigenvalue weighted by atomic mass is 35.5. The molecule has 2 heterocycles. The summed E-state index contributed by atoms with van der Waals surface area (Å²) in [5.41, 5.74) is 4.63. The van der Waals surface area contributed by atoms with E-state index in [0.717, 1.165) is 65.9 Å². The molecule has 0 atom stereocenters. The summed E-state index contributed by atoms with van der Waals surface area (Å²) in [5, 5.41) is 5.04. The predicted molar refractivity (Wildman–Crippen MR) is 145 cm³/mol. The number of hydrogen-bond acceptors (Lipinski definition) is 1. The van der Waals surface area contributed by atoms with Gasteiger partial charge in [0.2, 0.25) is 0 Å². The minimum atomic E-state index is -0.0158. The summed E-state index contributed by atoms with van der Waals surface area (Å²) in [6, 6.07) is 26.8. The number of amides is 2. The van der Waals surface area contributed by atoms with Crippen LogP contribution in [0, 0.1) is 5.41 Å². The number of urea groups is 1. The first-order valence-electron chi connectivity index (χ1n) is 12.5. The van der Waals surface area contributed by atoms with Crippen molar-refractivity contribution in [3.8, 4) is 0 Å². The molecular weight excluding hydrogens is 454 g/mol. The van der Waals surface area contributed by atoms with Crippen LogP contribution in [0.2, 0.25) is 5.02 Å². The molecule has 4 nitrogen and oxygen atoms in total. The van der Waals surface area contributed by atoms with Crippen LogP contribution in [0.15, 0.2) is 85.1 Å². The highest BCUT2D eigenvalue weighted by Crippen LogP contribution is 2.38.